The Morgan fingerprint density at radius 1 is 0.646 bits per heavy atom. The molecule has 4 heterocycles. The first-order chi connectivity index (χ1) is 31.8. The molecule has 9 aromatic rings. The third-order valence-corrected chi connectivity index (χ3v) is 11.0. The third kappa shape index (κ3) is 8.62. The number of hydrogen-bond acceptors (Lipinski definition) is 7. The fourth-order valence-corrected chi connectivity index (χ4v) is 7.82. The minimum atomic E-state index is 0.484. The van der Waals surface area contributed by atoms with Gasteiger partial charge in [0.2, 0.25) is 5.89 Å². The molecular weight excluding hydrogens is 798 g/mol. The molecule has 311 valence electrons. The van der Waals surface area contributed by atoms with Crippen LogP contribution in [0.4, 0.5) is 0 Å². The maximum atomic E-state index is 6.49. The summed E-state index contributed by atoms with van der Waals surface area (Å²) in [6.45, 7) is 20.5. The third-order valence-electron chi connectivity index (χ3n) is 11.0. The van der Waals surface area contributed by atoms with Crippen molar-refractivity contribution in [2.45, 2.75) is 20.6 Å². The normalized spacial score (nSPS) is 11.9. The molecule has 0 saturated heterocycles. The molecule has 0 aliphatic heterocycles. The second-order valence-corrected chi connectivity index (χ2v) is 15.2. The first kappa shape index (κ1) is 42.1. The van der Waals surface area contributed by atoms with Crippen molar-refractivity contribution in [3.05, 3.63) is 200 Å². The molecule has 0 atom stereocenters. The summed E-state index contributed by atoms with van der Waals surface area (Å²) in [5.74, 6) is 4.65. The predicted octanol–water partition coefficient (Wildman–Crippen LogP) is 12.3. The van der Waals surface area contributed by atoms with Crippen LogP contribution < -0.4 is 5.59 Å². The van der Waals surface area contributed by atoms with Gasteiger partial charge in [-0.25, -0.2) is 19.9 Å². The van der Waals surface area contributed by atoms with Gasteiger partial charge in [-0.1, -0.05) is 117 Å². The molecule has 9 rings (SSSR count). The molecule has 0 N–H and O–H groups in total. The standard InChI is InChI=1S/C55H43B2N6O2/c1-7-9-25-44-36(4)63(43-27-29-48-47(34-43)59-54(64-48)35(3)18-17-30-56-5)50(57-6)45(44)32-37(8-2)40-23-16-24-42(31-40)55-58-46-28-26-41(33-49(46)65-55)53-61-51(38-19-12-10-13-20-38)60-52(62-53)39-21-14-11-15-22-39/h7-34H,1-3H2,4-6H3/b18-17-,25-9-,37-32+. The van der Waals surface area contributed by atoms with E-state index in [2.05, 4.69) is 81.7 Å². The van der Waals surface area contributed by atoms with Gasteiger partial charge in [0.05, 0.1) is 0 Å². The van der Waals surface area contributed by atoms with Gasteiger partial charge in [-0.2, -0.15) is 0 Å². The Balaban J connectivity index is 1.07. The number of fused-ring (bicyclic) bond motifs is 2. The van der Waals surface area contributed by atoms with Crippen LogP contribution in [0.15, 0.2) is 180 Å². The summed E-state index contributed by atoms with van der Waals surface area (Å²) in [7, 11) is 2.13. The van der Waals surface area contributed by atoms with E-state index in [-0.39, 0.29) is 0 Å². The van der Waals surface area contributed by atoms with Crippen molar-refractivity contribution in [2.24, 2.45) is 0 Å². The number of aromatic nitrogens is 6. The Hall–Kier alpha value is -8.23. The summed E-state index contributed by atoms with van der Waals surface area (Å²) < 4.78 is 14.8. The van der Waals surface area contributed by atoms with Crippen LogP contribution in [0, 0.1) is 6.92 Å². The molecule has 0 fully saturated rings. The van der Waals surface area contributed by atoms with Crippen molar-refractivity contribution in [1.82, 2.24) is 29.5 Å². The van der Waals surface area contributed by atoms with E-state index in [0.717, 1.165) is 72.5 Å². The average Bonchev–Trinajstić information content (AvgIpc) is 4.06. The molecule has 4 aromatic heterocycles. The summed E-state index contributed by atoms with van der Waals surface area (Å²) >= 11 is 0. The fourth-order valence-electron chi connectivity index (χ4n) is 7.82. The van der Waals surface area contributed by atoms with Crippen LogP contribution in [0.3, 0.4) is 0 Å². The minimum absolute atomic E-state index is 0.484. The number of benzene rings is 5. The Morgan fingerprint density at radius 3 is 2.03 bits per heavy atom. The van der Waals surface area contributed by atoms with Gasteiger partial charge in [-0.3, -0.25) is 0 Å². The van der Waals surface area contributed by atoms with E-state index in [4.69, 9.17) is 33.8 Å². The van der Waals surface area contributed by atoms with E-state index in [0.29, 0.717) is 46.0 Å². The predicted molar refractivity (Wildman–Crippen MR) is 272 cm³/mol. The van der Waals surface area contributed by atoms with E-state index >= 15 is 0 Å². The Morgan fingerprint density at radius 2 is 1.35 bits per heavy atom. The number of nitrogens with zero attached hydrogens (tertiary/aromatic N) is 6. The van der Waals surface area contributed by atoms with Gasteiger partial charge in [-0.15, -0.1) is 0 Å². The van der Waals surface area contributed by atoms with E-state index < -0.39 is 0 Å². The zero-order valence-electron chi connectivity index (χ0n) is 36.4. The Kier molecular flexibility index (Phi) is 12.1. The second kappa shape index (κ2) is 18.6. The van der Waals surface area contributed by atoms with Crippen LogP contribution >= 0.6 is 0 Å². The van der Waals surface area contributed by atoms with Crippen molar-refractivity contribution < 1.29 is 8.83 Å². The van der Waals surface area contributed by atoms with Crippen LogP contribution in [0.5, 0.6) is 0 Å². The number of hydrogen-bond donors (Lipinski definition) is 0. The molecule has 1 radical (unpaired) electrons. The number of rotatable bonds is 14. The van der Waals surface area contributed by atoms with Crippen molar-refractivity contribution in [3.8, 4) is 51.3 Å². The van der Waals surface area contributed by atoms with Crippen LogP contribution in [-0.2, 0) is 0 Å². The Labute approximate surface area is 379 Å². The van der Waals surface area contributed by atoms with Crippen molar-refractivity contribution >= 4 is 71.3 Å². The van der Waals surface area contributed by atoms with Gasteiger partial charge in [0.1, 0.15) is 5.52 Å². The molecule has 0 saturated carbocycles. The van der Waals surface area contributed by atoms with Crippen LogP contribution in [0.25, 0.3) is 96.8 Å². The van der Waals surface area contributed by atoms with Gasteiger partial charge in [0.25, 0.3) is 0 Å². The molecule has 0 spiro atoms. The monoisotopic (exact) mass is 841 g/mol. The molecule has 10 heteroatoms. The summed E-state index contributed by atoms with van der Waals surface area (Å²) in [4.78, 5) is 24.4. The van der Waals surface area contributed by atoms with Crippen molar-refractivity contribution in [3.63, 3.8) is 0 Å². The number of allylic oxidation sites excluding steroid dienone is 7. The fraction of sp³-hybridized carbons (Fsp3) is 0.0545. The van der Waals surface area contributed by atoms with E-state index in [1.807, 2.05) is 141 Å². The van der Waals surface area contributed by atoms with E-state index in [1.54, 1.807) is 6.08 Å². The molecule has 5 aromatic carbocycles. The van der Waals surface area contributed by atoms with Crippen LogP contribution in [-0.4, -0.2) is 49.7 Å². The van der Waals surface area contributed by atoms with E-state index in [9.17, 15) is 0 Å². The number of oxazole rings is 2. The SMILES string of the molecule is C=C/C=C\c1c(/C=C(\C=C)c2cccc(-c3nc4ccc(-c5nc(-c6ccccc6)nc(-c6ccccc6)n5)cc4o3)c2)c([B]C)n(-c2ccc3oc(C(=C)/C=C\C=BC)nc3c2)c1C. The molecule has 0 unspecified atom stereocenters. The zero-order chi connectivity index (χ0) is 44.9. The first-order valence-corrected chi connectivity index (χ1v) is 21.3. The molecule has 0 bridgehead atoms. The zero-order valence-corrected chi connectivity index (χ0v) is 36.4. The second-order valence-electron chi connectivity index (χ2n) is 15.2. The Bertz CT molecular complexity index is 3330. The quantitative estimate of drug-likeness (QED) is 0.0794. The van der Waals surface area contributed by atoms with Crippen LogP contribution in [0.1, 0.15) is 28.3 Å². The van der Waals surface area contributed by atoms with Gasteiger partial charge < -0.3 is 4.42 Å². The van der Waals surface area contributed by atoms with Gasteiger partial charge in [0.15, 0.2) is 23.1 Å². The maximum absolute atomic E-state index is 6.49. The molecular formula is C55H43B2N6O2. The van der Waals surface area contributed by atoms with Gasteiger partial charge in [-0.05, 0) is 47.5 Å². The molecule has 0 amide bonds. The summed E-state index contributed by atoms with van der Waals surface area (Å²) in [6.07, 6.45) is 13.7. The van der Waals surface area contributed by atoms with Crippen LogP contribution in [0.2, 0.25) is 13.6 Å². The summed E-state index contributed by atoms with van der Waals surface area (Å²) in [6, 6.07) is 40.0. The molecule has 0 aliphatic carbocycles. The first-order valence-electron chi connectivity index (χ1n) is 21.3. The van der Waals surface area contributed by atoms with E-state index in [1.165, 1.54) is 0 Å². The molecule has 65 heavy (non-hydrogen) atoms. The summed E-state index contributed by atoms with van der Waals surface area (Å²) in [5.41, 5.74) is 13.9. The molecule has 0 aliphatic rings. The topological polar surface area (TPSA) is 95.7 Å². The van der Waals surface area contributed by atoms with Crippen molar-refractivity contribution in [2.75, 3.05) is 0 Å². The van der Waals surface area contributed by atoms with Crippen molar-refractivity contribution in [1.29, 1.82) is 0 Å². The molecule has 8 nitrogen and oxygen atoms in total. The van der Waals surface area contributed by atoms with Gasteiger partial charge in [0, 0.05) is 22.3 Å². The average molecular weight is 842 g/mol. The van der Waals surface area contributed by atoms with Gasteiger partial charge >= 0.3 is 135 Å². The summed E-state index contributed by atoms with van der Waals surface area (Å²) in [5, 5.41) is 0.